The molecular weight excluding hydrogens is 321 g/mol. The van der Waals surface area contributed by atoms with Gasteiger partial charge in [0.05, 0.1) is 17.9 Å². The fraction of sp³-hybridized carbons (Fsp3) is 0.278. The Labute approximate surface area is 144 Å². The fourth-order valence-electron chi connectivity index (χ4n) is 3.30. The van der Waals surface area contributed by atoms with Crippen molar-refractivity contribution in [3.05, 3.63) is 59.3 Å². The van der Waals surface area contributed by atoms with Gasteiger partial charge in [-0.3, -0.25) is 14.6 Å². The first-order valence-electron chi connectivity index (χ1n) is 8.25. The molecule has 0 spiro atoms. The van der Waals surface area contributed by atoms with Crippen molar-refractivity contribution in [3.63, 3.8) is 0 Å². The standard InChI is InChI=1S/C18H18FN5O/c1-24-17-4-2-3-14(13(17)10-20-24)21-18(25)16-9-15(22-23-16)11-5-7-12(19)8-6-11/h5-10,14H,2-4H2,1H3,(H,21,25)(H,22,23)/t14-/m0/s1. The second-order valence-electron chi connectivity index (χ2n) is 6.26. The van der Waals surface area contributed by atoms with Crippen molar-refractivity contribution in [2.24, 2.45) is 7.05 Å². The largest absolute Gasteiger partial charge is 0.344 e. The van der Waals surface area contributed by atoms with Crippen molar-refractivity contribution in [1.29, 1.82) is 0 Å². The number of fused-ring (bicyclic) bond motifs is 1. The van der Waals surface area contributed by atoms with E-state index in [0.717, 1.165) is 30.4 Å². The Morgan fingerprint density at radius 1 is 1.36 bits per heavy atom. The smallest absolute Gasteiger partial charge is 0.269 e. The average molecular weight is 339 g/mol. The maximum Gasteiger partial charge on any atom is 0.269 e. The van der Waals surface area contributed by atoms with Gasteiger partial charge in [0, 0.05) is 23.9 Å². The van der Waals surface area contributed by atoms with Gasteiger partial charge in [-0.05, 0) is 49.6 Å². The maximum absolute atomic E-state index is 13.0. The van der Waals surface area contributed by atoms with E-state index in [1.54, 1.807) is 18.2 Å². The van der Waals surface area contributed by atoms with Crippen molar-refractivity contribution in [3.8, 4) is 11.3 Å². The van der Waals surface area contributed by atoms with Crippen molar-refractivity contribution in [1.82, 2.24) is 25.3 Å². The molecule has 6 nitrogen and oxygen atoms in total. The summed E-state index contributed by atoms with van der Waals surface area (Å²) in [4.78, 5) is 12.6. The van der Waals surface area contributed by atoms with Crippen LogP contribution in [0.3, 0.4) is 0 Å². The van der Waals surface area contributed by atoms with E-state index in [4.69, 9.17) is 0 Å². The van der Waals surface area contributed by atoms with Gasteiger partial charge >= 0.3 is 0 Å². The molecule has 0 radical (unpaired) electrons. The summed E-state index contributed by atoms with van der Waals surface area (Å²) in [7, 11) is 1.92. The van der Waals surface area contributed by atoms with Gasteiger partial charge in [-0.25, -0.2) is 4.39 Å². The van der Waals surface area contributed by atoms with Crippen LogP contribution in [0.5, 0.6) is 0 Å². The van der Waals surface area contributed by atoms with Crippen LogP contribution < -0.4 is 5.32 Å². The molecule has 2 aromatic heterocycles. The quantitative estimate of drug-likeness (QED) is 0.770. The Morgan fingerprint density at radius 3 is 2.96 bits per heavy atom. The first-order chi connectivity index (χ1) is 12.1. The second kappa shape index (κ2) is 6.16. The van der Waals surface area contributed by atoms with Crippen LogP contribution in [0.2, 0.25) is 0 Å². The van der Waals surface area contributed by atoms with Gasteiger partial charge in [0.15, 0.2) is 0 Å². The SMILES string of the molecule is Cn1ncc2c1CCC[C@@H]2NC(=O)c1cc(-c2ccc(F)cc2)n[nH]1. The fourth-order valence-corrected chi connectivity index (χ4v) is 3.30. The zero-order valence-electron chi connectivity index (χ0n) is 13.8. The van der Waals surface area contributed by atoms with Crippen LogP contribution >= 0.6 is 0 Å². The summed E-state index contributed by atoms with van der Waals surface area (Å²) < 4.78 is 14.9. The molecule has 0 fully saturated rings. The molecule has 1 aliphatic rings. The first kappa shape index (κ1) is 15.6. The van der Waals surface area contributed by atoms with Crippen LogP contribution in [-0.2, 0) is 13.5 Å². The number of hydrogen-bond donors (Lipinski definition) is 2. The number of H-pyrrole nitrogens is 1. The van der Waals surface area contributed by atoms with Crippen LogP contribution in [0.15, 0.2) is 36.5 Å². The van der Waals surface area contributed by atoms with Crippen LogP contribution in [0, 0.1) is 5.82 Å². The Morgan fingerprint density at radius 2 is 2.16 bits per heavy atom. The lowest BCUT2D eigenvalue weighted by Crippen LogP contribution is -2.31. The molecule has 25 heavy (non-hydrogen) atoms. The van der Waals surface area contributed by atoms with Gasteiger partial charge < -0.3 is 5.32 Å². The van der Waals surface area contributed by atoms with Gasteiger partial charge in [-0.2, -0.15) is 10.2 Å². The predicted molar refractivity (Wildman–Crippen MR) is 90.3 cm³/mol. The van der Waals surface area contributed by atoms with Gasteiger partial charge in [0.2, 0.25) is 0 Å². The molecule has 3 aromatic rings. The Kier molecular flexibility index (Phi) is 3.83. The van der Waals surface area contributed by atoms with Crippen molar-refractivity contribution in [2.75, 3.05) is 0 Å². The molecule has 2 heterocycles. The summed E-state index contributed by atoms with van der Waals surface area (Å²) in [6.45, 7) is 0. The molecule has 0 bridgehead atoms. The van der Waals surface area contributed by atoms with Gasteiger partial charge in [0.25, 0.3) is 5.91 Å². The topological polar surface area (TPSA) is 75.6 Å². The zero-order valence-corrected chi connectivity index (χ0v) is 13.8. The van der Waals surface area contributed by atoms with Crippen LogP contribution in [0.25, 0.3) is 11.3 Å². The second-order valence-corrected chi connectivity index (χ2v) is 6.26. The summed E-state index contributed by atoms with van der Waals surface area (Å²) in [5.74, 6) is -0.510. The summed E-state index contributed by atoms with van der Waals surface area (Å²) >= 11 is 0. The number of amides is 1. The Balaban J connectivity index is 1.52. The summed E-state index contributed by atoms with van der Waals surface area (Å²) in [6, 6.07) is 7.65. The molecule has 1 aromatic carbocycles. The molecule has 7 heteroatoms. The molecule has 0 unspecified atom stereocenters. The molecule has 0 saturated carbocycles. The number of aromatic amines is 1. The zero-order chi connectivity index (χ0) is 17.4. The molecular formula is C18H18FN5O. The minimum absolute atomic E-state index is 0.0393. The number of hydrogen-bond acceptors (Lipinski definition) is 3. The third-order valence-corrected chi connectivity index (χ3v) is 4.64. The van der Waals surface area contributed by atoms with E-state index < -0.39 is 0 Å². The number of aromatic nitrogens is 4. The number of nitrogens with zero attached hydrogens (tertiary/aromatic N) is 3. The molecule has 1 amide bonds. The monoisotopic (exact) mass is 339 g/mol. The van der Waals surface area contributed by atoms with Crippen molar-refractivity contribution < 1.29 is 9.18 Å². The lowest BCUT2D eigenvalue weighted by molar-refractivity contribution is 0.0927. The lowest BCUT2D eigenvalue weighted by Gasteiger charge is -2.23. The Bertz CT molecular complexity index is 912. The van der Waals surface area contributed by atoms with Gasteiger partial charge in [-0.15, -0.1) is 0 Å². The minimum atomic E-state index is -0.304. The summed E-state index contributed by atoms with van der Waals surface area (Å²) in [6.07, 6.45) is 4.72. The van der Waals surface area contributed by atoms with Gasteiger partial charge in [0.1, 0.15) is 11.5 Å². The van der Waals surface area contributed by atoms with E-state index in [-0.39, 0.29) is 17.8 Å². The van der Waals surface area contributed by atoms with E-state index >= 15 is 0 Å². The number of carbonyl (C=O) groups is 1. The first-order valence-corrected chi connectivity index (χ1v) is 8.25. The van der Waals surface area contributed by atoms with E-state index in [1.807, 2.05) is 17.9 Å². The normalized spacial score (nSPS) is 16.5. The number of nitrogens with one attached hydrogen (secondary N) is 2. The number of aryl methyl sites for hydroxylation is 1. The molecule has 4 rings (SSSR count). The maximum atomic E-state index is 13.0. The highest BCUT2D eigenvalue weighted by Crippen LogP contribution is 2.29. The molecule has 1 atom stereocenters. The summed E-state index contributed by atoms with van der Waals surface area (Å²) in [5.41, 5.74) is 4.00. The average Bonchev–Trinajstić information content (AvgIpc) is 3.24. The highest BCUT2D eigenvalue weighted by atomic mass is 19.1. The number of carbonyl (C=O) groups excluding carboxylic acids is 1. The minimum Gasteiger partial charge on any atom is -0.344 e. The van der Waals surface area contributed by atoms with E-state index in [9.17, 15) is 9.18 Å². The molecule has 1 aliphatic carbocycles. The lowest BCUT2D eigenvalue weighted by atomic mass is 9.93. The molecule has 128 valence electrons. The number of benzene rings is 1. The van der Waals surface area contributed by atoms with E-state index in [2.05, 4.69) is 20.6 Å². The summed E-state index contributed by atoms with van der Waals surface area (Å²) in [5, 5.41) is 14.3. The van der Waals surface area contributed by atoms with Crippen LogP contribution in [0.1, 0.15) is 40.6 Å². The predicted octanol–water partition coefficient (Wildman–Crippen LogP) is 2.76. The van der Waals surface area contributed by atoms with Crippen LogP contribution in [-0.4, -0.2) is 25.9 Å². The third-order valence-electron chi connectivity index (χ3n) is 4.64. The van der Waals surface area contributed by atoms with Crippen molar-refractivity contribution in [2.45, 2.75) is 25.3 Å². The highest BCUT2D eigenvalue weighted by Gasteiger charge is 2.25. The number of halogens is 1. The molecule has 0 saturated heterocycles. The van der Waals surface area contributed by atoms with Crippen molar-refractivity contribution >= 4 is 5.91 Å². The Hall–Kier alpha value is -2.96. The van der Waals surface area contributed by atoms with E-state index in [1.165, 1.54) is 17.8 Å². The van der Waals surface area contributed by atoms with Crippen LogP contribution in [0.4, 0.5) is 4.39 Å². The highest BCUT2D eigenvalue weighted by molar-refractivity contribution is 5.93. The molecule has 0 aliphatic heterocycles. The van der Waals surface area contributed by atoms with Gasteiger partial charge in [-0.1, -0.05) is 0 Å². The third kappa shape index (κ3) is 2.93. The van der Waals surface area contributed by atoms with E-state index in [0.29, 0.717) is 11.4 Å². The number of rotatable bonds is 3. The molecule has 2 N–H and O–H groups in total.